The minimum atomic E-state index is -0.0425. The molecule has 0 spiro atoms. The van der Waals surface area contributed by atoms with Crippen LogP contribution in [-0.2, 0) is 17.8 Å². The number of nitrogens with one attached hydrogen (secondary N) is 3. The predicted molar refractivity (Wildman–Crippen MR) is 132 cm³/mol. The molecule has 0 radical (unpaired) electrons. The molecule has 0 fully saturated rings. The fourth-order valence-corrected chi connectivity index (χ4v) is 4.35. The van der Waals surface area contributed by atoms with Crippen molar-refractivity contribution >= 4 is 34.1 Å². The van der Waals surface area contributed by atoms with Gasteiger partial charge in [0.1, 0.15) is 18.2 Å². The summed E-state index contributed by atoms with van der Waals surface area (Å²) < 4.78 is 1.72. The third-order valence-corrected chi connectivity index (χ3v) is 6.14. The van der Waals surface area contributed by atoms with Crippen molar-refractivity contribution in [3.63, 3.8) is 0 Å². The third-order valence-electron chi connectivity index (χ3n) is 6.14. The molecule has 6 heterocycles. The molecule has 11 heteroatoms. The van der Waals surface area contributed by atoms with Gasteiger partial charge in [-0.15, -0.1) is 0 Å². The van der Waals surface area contributed by atoms with E-state index in [9.17, 15) is 4.79 Å². The van der Waals surface area contributed by atoms with E-state index in [2.05, 4.69) is 40.7 Å². The van der Waals surface area contributed by atoms with Crippen molar-refractivity contribution in [2.24, 2.45) is 0 Å². The average molecular weight is 467 g/mol. The van der Waals surface area contributed by atoms with Crippen LogP contribution in [0.4, 0.5) is 17.5 Å². The second kappa shape index (κ2) is 8.20. The molecular weight excluding hydrogens is 444 g/mol. The summed E-state index contributed by atoms with van der Waals surface area (Å²) in [5.74, 6) is 1.60. The van der Waals surface area contributed by atoms with Crippen LogP contribution in [0.5, 0.6) is 0 Å². The zero-order valence-corrected chi connectivity index (χ0v) is 18.9. The van der Waals surface area contributed by atoms with Crippen LogP contribution >= 0.6 is 0 Å². The highest BCUT2D eigenvalue weighted by molar-refractivity contribution is 5.95. The van der Waals surface area contributed by atoms with Crippen LogP contribution < -0.4 is 16.4 Å². The van der Waals surface area contributed by atoms with E-state index >= 15 is 0 Å². The van der Waals surface area contributed by atoms with Crippen molar-refractivity contribution < 1.29 is 4.79 Å². The zero-order valence-electron chi connectivity index (χ0n) is 18.9. The molecule has 0 aliphatic carbocycles. The van der Waals surface area contributed by atoms with Crippen molar-refractivity contribution in [1.29, 1.82) is 0 Å². The van der Waals surface area contributed by atoms with Gasteiger partial charge in [0.15, 0.2) is 5.82 Å². The maximum Gasteiger partial charge on any atom is 0.241 e. The van der Waals surface area contributed by atoms with Crippen LogP contribution in [0.3, 0.4) is 0 Å². The molecule has 5 N–H and O–H groups in total. The highest BCUT2D eigenvalue weighted by Gasteiger charge is 2.16. The smallest absolute Gasteiger partial charge is 0.241 e. The van der Waals surface area contributed by atoms with Crippen LogP contribution in [0.25, 0.3) is 33.3 Å². The highest BCUT2D eigenvalue weighted by atomic mass is 16.2. The molecular formula is C24H22N10O. The van der Waals surface area contributed by atoms with Gasteiger partial charge in [0, 0.05) is 59.8 Å². The van der Waals surface area contributed by atoms with Gasteiger partial charge in [-0.2, -0.15) is 5.10 Å². The van der Waals surface area contributed by atoms with E-state index < -0.39 is 0 Å². The Balaban J connectivity index is 1.36. The second-order valence-electron chi connectivity index (χ2n) is 8.41. The monoisotopic (exact) mass is 466 g/mol. The number of hydrogen-bond donors (Lipinski definition) is 4. The summed E-state index contributed by atoms with van der Waals surface area (Å²) in [7, 11) is 0. The number of aromatic nitrogens is 7. The minimum absolute atomic E-state index is 0.0425. The number of fused-ring (bicyclic) bond motifs is 2. The van der Waals surface area contributed by atoms with Gasteiger partial charge in [-0.1, -0.05) is 0 Å². The van der Waals surface area contributed by atoms with E-state index in [1.54, 1.807) is 35.8 Å². The van der Waals surface area contributed by atoms with Gasteiger partial charge in [-0.05, 0) is 30.0 Å². The summed E-state index contributed by atoms with van der Waals surface area (Å²) in [5.41, 5.74) is 11.8. The SMILES string of the molecule is Cc1c(-c2cc3cc(Nc4cc5n(n4)CC(=O)NCC5)ncc3c(N)n2)cncc1-c1cnc[nH]1. The van der Waals surface area contributed by atoms with Gasteiger partial charge >= 0.3 is 0 Å². The number of anilines is 3. The Bertz CT molecular complexity index is 1570. The lowest BCUT2D eigenvalue weighted by atomic mass is 10.0. The molecule has 0 bridgehead atoms. The summed E-state index contributed by atoms with van der Waals surface area (Å²) in [4.78, 5) is 32.6. The summed E-state index contributed by atoms with van der Waals surface area (Å²) in [5, 5.41) is 12.3. The first-order chi connectivity index (χ1) is 17.0. The van der Waals surface area contributed by atoms with Crippen molar-refractivity contribution in [1.82, 2.24) is 40.0 Å². The van der Waals surface area contributed by atoms with Crippen molar-refractivity contribution in [3.8, 4) is 22.5 Å². The molecule has 0 unspecified atom stereocenters. The molecule has 0 saturated heterocycles. The number of amides is 1. The molecule has 174 valence electrons. The summed E-state index contributed by atoms with van der Waals surface area (Å²) in [6, 6.07) is 5.83. The van der Waals surface area contributed by atoms with Gasteiger partial charge in [0.05, 0.1) is 23.9 Å². The van der Waals surface area contributed by atoms with E-state index in [1.165, 1.54) is 0 Å². The van der Waals surface area contributed by atoms with E-state index in [0.29, 0.717) is 24.0 Å². The largest absolute Gasteiger partial charge is 0.383 e. The van der Waals surface area contributed by atoms with Gasteiger partial charge < -0.3 is 21.4 Å². The Hall–Kier alpha value is -4.80. The Labute approximate surface area is 199 Å². The average Bonchev–Trinajstić information content (AvgIpc) is 3.46. The van der Waals surface area contributed by atoms with Gasteiger partial charge in [-0.25, -0.2) is 15.0 Å². The maximum atomic E-state index is 11.8. The van der Waals surface area contributed by atoms with Crippen LogP contribution in [0, 0.1) is 6.92 Å². The Morgan fingerprint density at radius 3 is 2.80 bits per heavy atom. The van der Waals surface area contributed by atoms with Crippen LogP contribution in [0.2, 0.25) is 0 Å². The fraction of sp³-hybridized carbons (Fsp3) is 0.167. The minimum Gasteiger partial charge on any atom is -0.383 e. The lowest BCUT2D eigenvalue weighted by Crippen LogP contribution is -2.25. The number of H-pyrrole nitrogens is 1. The van der Waals surface area contributed by atoms with E-state index in [-0.39, 0.29) is 12.5 Å². The number of rotatable bonds is 4. The van der Waals surface area contributed by atoms with Crippen LogP contribution in [0.15, 0.2) is 49.3 Å². The molecule has 1 aliphatic rings. The Kier molecular flexibility index (Phi) is 4.87. The fourth-order valence-electron chi connectivity index (χ4n) is 4.35. The number of pyridine rings is 3. The molecule has 35 heavy (non-hydrogen) atoms. The van der Waals surface area contributed by atoms with Gasteiger partial charge in [0.25, 0.3) is 0 Å². The van der Waals surface area contributed by atoms with Crippen LogP contribution in [0.1, 0.15) is 11.3 Å². The number of nitrogens with two attached hydrogens (primary N) is 1. The first-order valence-corrected chi connectivity index (χ1v) is 11.2. The van der Waals surface area contributed by atoms with E-state index in [1.807, 2.05) is 25.1 Å². The number of imidazole rings is 1. The first-order valence-electron chi connectivity index (χ1n) is 11.2. The summed E-state index contributed by atoms with van der Waals surface area (Å²) in [6.45, 7) is 2.83. The van der Waals surface area contributed by atoms with Gasteiger partial charge in [0.2, 0.25) is 5.91 Å². The number of carbonyl (C=O) groups is 1. The summed E-state index contributed by atoms with van der Waals surface area (Å²) >= 11 is 0. The molecule has 0 aromatic carbocycles. The Morgan fingerprint density at radius 1 is 1.06 bits per heavy atom. The number of hydrogen-bond acceptors (Lipinski definition) is 8. The number of aromatic amines is 1. The number of nitrogen functional groups attached to an aromatic ring is 1. The summed E-state index contributed by atoms with van der Waals surface area (Å²) in [6.07, 6.45) is 9.42. The molecule has 11 nitrogen and oxygen atoms in total. The third kappa shape index (κ3) is 3.82. The molecule has 1 amide bonds. The molecule has 5 aromatic rings. The lowest BCUT2D eigenvalue weighted by Gasteiger charge is -2.12. The predicted octanol–water partition coefficient (Wildman–Crippen LogP) is 2.58. The Morgan fingerprint density at radius 2 is 1.94 bits per heavy atom. The molecule has 0 saturated carbocycles. The molecule has 0 atom stereocenters. The topological polar surface area (TPSA) is 152 Å². The first kappa shape index (κ1) is 20.8. The lowest BCUT2D eigenvalue weighted by molar-refractivity contribution is -0.121. The number of nitrogens with zero attached hydrogens (tertiary/aromatic N) is 6. The maximum absolute atomic E-state index is 11.8. The molecule has 1 aliphatic heterocycles. The normalized spacial score (nSPS) is 13.3. The van der Waals surface area contributed by atoms with Crippen molar-refractivity contribution in [2.75, 3.05) is 17.6 Å². The zero-order chi connectivity index (χ0) is 23.9. The second-order valence-corrected chi connectivity index (χ2v) is 8.41. The number of carbonyl (C=O) groups excluding carboxylic acids is 1. The highest BCUT2D eigenvalue weighted by Crippen LogP contribution is 2.32. The van der Waals surface area contributed by atoms with Gasteiger partial charge in [-0.3, -0.25) is 14.5 Å². The quantitative estimate of drug-likeness (QED) is 0.315. The van der Waals surface area contributed by atoms with Crippen molar-refractivity contribution in [3.05, 3.63) is 60.6 Å². The van der Waals surface area contributed by atoms with E-state index in [0.717, 1.165) is 51.0 Å². The molecule has 5 aromatic heterocycles. The van der Waals surface area contributed by atoms with Crippen molar-refractivity contribution in [2.45, 2.75) is 19.9 Å². The molecule has 6 rings (SSSR count). The van der Waals surface area contributed by atoms with Crippen LogP contribution in [-0.4, -0.2) is 47.2 Å². The van der Waals surface area contributed by atoms with E-state index in [4.69, 9.17) is 5.73 Å². The standard InChI is InChI=1S/C24H22N10O/c1-13-16(7-26-8-17(13)20-10-27-12-30-20)19-4-14-5-21(29-9-18(14)24(25)31-19)32-22-6-15-2-3-28-23(35)11-34(15)33-22/h4-10,12H,2-3,11H2,1H3,(H2,25,31)(H,27,30)(H,28,35)(H,29,32,33).